The van der Waals surface area contributed by atoms with Crippen molar-refractivity contribution < 1.29 is 14.7 Å². The van der Waals surface area contributed by atoms with Crippen molar-refractivity contribution in [2.45, 2.75) is 33.7 Å². The van der Waals surface area contributed by atoms with Gasteiger partial charge in [-0.15, -0.1) is 11.3 Å². The van der Waals surface area contributed by atoms with E-state index in [1.165, 1.54) is 11.3 Å². The zero-order valence-corrected chi connectivity index (χ0v) is 13.2. The minimum absolute atomic E-state index is 0.180. The number of aromatic nitrogens is 1. The Balaban J connectivity index is 2.38. The zero-order chi connectivity index (χ0) is 15.7. The van der Waals surface area contributed by atoms with E-state index in [1.54, 1.807) is 20.0 Å². The monoisotopic (exact) mass is 306 g/mol. The summed E-state index contributed by atoms with van der Waals surface area (Å²) in [6.07, 6.45) is 1.71. The molecule has 0 unspecified atom stereocenters. The Kier molecular flexibility index (Phi) is 4.27. The van der Waals surface area contributed by atoms with Gasteiger partial charge in [0, 0.05) is 11.6 Å². The summed E-state index contributed by atoms with van der Waals surface area (Å²) in [6, 6.07) is 1.01. The molecule has 0 aromatic carbocycles. The number of fused-ring (bicyclic) bond motifs is 1. The Labute approximate surface area is 127 Å². The van der Waals surface area contributed by atoms with Gasteiger partial charge in [0.2, 0.25) is 0 Å². The Morgan fingerprint density at radius 1 is 1.33 bits per heavy atom. The fourth-order valence-electron chi connectivity index (χ4n) is 2.29. The van der Waals surface area contributed by atoms with Crippen LogP contribution in [0.5, 0.6) is 0 Å². The molecule has 1 atom stereocenters. The summed E-state index contributed by atoms with van der Waals surface area (Å²) in [5.41, 5.74) is 1.91. The average Bonchev–Trinajstić information content (AvgIpc) is 2.73. The molecule has 2 aromatic rings. The van der Waals surface area contributed by atoms with Crippen molar-refractivity contribution in [3.8, 4) is 0 Å². The number of pyridine rings is 1. The highest BCUT2D eigenvalue weighted by atomic mass is 32.1. The van der Waals surface area contributed by atoms with E-state index < -0.39 is 12.0 Å². The Morgan fingerprint density at radius 2 is 2.00 bits per heavy atom. The van der Waals surface area contributed by atoms with Crippen LogP contribution in [-0.2, 0) is 4.79 Å². The molecule has 0 aliphatic carbocycles. The minimum Gasteiger partial charge on any atom is -0.480 e. The van der Waals surface area contributed by atoms with Gasteiger partial charge in [-0.05, 0) is 37.0 Å². The van der Waals surface area contributed by atoms with E-state index in [9.17, 15) is 9.59 Å². The molecular formula is C15H18N2O3S. The number of carbonyl (C=O) groups is 2. The molecule has 112 valence electrons. The summed E-state index contributed by atoms with van der Waals surface area (Å²) in [5.74, 6) is -1.55. The SMILES string of the molecule is Cc1ccnc2sc(C(=O)N[C@H](C(=O)O)C(C)C)c(C)c12. The van der Waals surface area contributed by atoms with Crippen LogP contribution in [0, 0.1) is 19.8 Å². The summed E-state index contributed by atoms with van der Waals surface area (Å²) < 4.78 is 0. The first kappa shape index (κ1) is 15.4. The Hall–Kier alpha value is -1.95. The molecule has 2 aromatic heterocycles. The van der Waals surface area contributed by atoms with Crippen LogP contribution >= 0.6 is 11.3 Å². The minimum atomic E-state index is -1.02. The fraction of sp³-hybridized carbons (Fsp3) is 0.400. The van der Waals surface area contributed by atoms with Gasteiger partial charge in [-0.25, -0.2) is 9.78 Å². The van der Waals surface area contributed by atoms with Gasteiger partial charge in [0.25, 0.3) is 5.91 Å². The van der Waals surface area contributed by atoms with Crippen molar-refractivity contribution in [2.24, 2.45) is 5.92 Å². The molecule has 0 aliphatic rings. The molecule has 2 heterocycles. The van der Waals surface area contributed by atoms with Gasteiger partial charge >= 0.3 is 5.97 Å². The highest BCUT2D eigenvalue weighted by Crippen LogP contribution is 2.31. The number of carbonyl (C=O) groups excluding carboxylic acids is 1. The zero-order valence-electron chi connectivity index (χ0n) is 12.4. The molecule has 21 heavy (non-hydrogen) atoms. The van der Waals surface area contributed by atoms with Gasteiger partial charge in [0.05, 0.1) is 4.88 Å². The molecule has 5 nitrogen and oxygen atoms in total. The number of aliphatic carboxylic acids is 1. The third-order valence-corrected chi connectivity index (χ3v) is 4.66. The lowest BCUT2D eigenvalue weighted by atomic mass is 10.0. The first-order valence-electron chi connectivity index (χ1n) is 6.71. The van der Waals surface area contributed by atoms with E-state index in [-0.39, 0.29) is 11.8 Å². The number of nitrogens with one attached hydrogen (secondary N) is 1. The predicted molar refractivity (Wildman–Crippen MR) is 82.8 cm³/mol. The predicted octanol–water partition coefficient (Wildman–Crippen LogP) is 2.75. The molecule has 0 saturated heterocycles. The molecule has 0 bridgehead atoms. The topological polar surface area (TPSA) is 79.3 Å². The quantitative estimate of drug-likeness (QED) is 0.910. The molecule has 1 amide bonds. The van der Waals surface area contributed by atoms with Crippen LogP contribution in [0.25, 0.3) is 10.2 Å². The van der Waals surface area contributed by atoms with Crippen LogP contribution in [0.1, 0.15) is 34.6 Å². The maximum Gasteiger partial charge on any atom is 0.326 e. The number of aryl methyl sites for hydroxylation is 2. The molecular weight excluding hydrogens is 288 g/mol. The summed E-state index contributed by atoms with van der Waals surface area (Å²) >= 11 is 1.30. The van der Waals surface area contributed by atoms with Gasteiger partial charge in [-0.1, -0.05) is 13.8 Å². The molecule has 0 fully saturated rings. The van der Waals surface area contributed by atoms with E-state index in [0.29, 0.717) is 4.88 Å². The van der Waals surface area contributed by atoms with Crippen LogP contribution < -0.4 is 5.32 Å². The van der Waals surface area contributed by atoms with Crippen molar-refractivity contribution in [3.05, 3.63) is 28.3 Å². The lowest BCUT2D eigenvalue weighted by Crippen LogP contribution is -2.44. The second-order valence-electron chi connectivity index (χ2n) is 5.40. The normalized spacial score (nSPS) is 12.6. The van der Waals surface area contributed by atoms with Crippen molar-refractivity contribution in [1.29, 1.82) is 0 Å². The van der Waals surface area contributed by atoms with Crippen molar-refractivity contribution in [2.75, 3.05) is 0 Å². The standard InChI is InChI=1S/C15H18N2O3S/c1-7(2)11(15(19)20)17-13(18)12-9(4)10-8(3)5-6-16-14(10)21-12/h5-7,11H,1-4H3,(H,17,18)(H,19,20)/t11-/m0/s1. The van der Waals surface area contributed by atoms with Gasteiger partial charge < -0.3 is 10.4 Å². The number of nitrogens with zero attached hydrogens (tertiary/aromatic N) is 1. The van der Waals surface area contributed by atoms with Crippen LogP contribution in [0.3, 0.4) is 0 Å². The summed E-state index contributed by atoms with van der Waals surface area (Å²) in [6.45, 7) is 7.37. The first-order valence-corrected chi connectivity index (χ1v) is 7.53. The molecule has 2 N–H and O–H groups in total. The Morgan fingerprint density at radius 3 is 2.52 bits per heavy atom. The number of hydrogen-bond acceptors (Lipinski definition) is 4. The molecule has 0 spiro atoms. The van der Waals surface area contributed by atoms with Gasteiger partial charge in [0.15, 0.2) is 0 Å². The van der Waals surface area contributed by atoms with Gasteiger partial charge in [-0.3, -0.25) is 4.79 Å². The highest BCUT2D eigenvalue weighted by Gasteiger charge is 2.26. The van der Waals surface area contributed by atoms with E-state index in [2.05, 4.69) is 10.3 Å². The van der Waals surface area contributed by atoms with Gasteiger partial charge in [-0.2, -0.15) is 0 Å². The molecule has 6 heteroatoms. The van der Waals surface area contributed by atoms with E-state index >= 15 is 0 Å². The number of hydrogen-bond donors (Lipinski definition) is 2. The maximum absolute atomic E-state index is 12.4. The summed E-state index contributed by atoms with van der Waals surface area (Å²) in [7, 11) is 0. The second kappa shape index (κ2) is 5.81. The average molecular weight is 306 g/mol. The van der Waals surface area contributed by atoms with Gasteiger partial charge in [0.1, 0.15) is 10.9 Å². The maximum atomic E-state index is 12.4. The van der Waals surface area contributed by atoms with Crippen LogP contribution in [0.15, 0.2) is 12.3 Å². The van der Waals surface area contributed by atoms with E-state index in [1.807, 2.05) is 19.9 Å². The summed E-state index contributed by atoms with van der Waals surface area (Å²) in [4.78, 5) is 29.2. The lowest BCUT2D eigenvalue weighted by molar-refractivity contribution is -0.140. The smallest absolute Gasteiger partial charge is 0.326 e. The lowest BCUT2D eigenvalue weighted by Gasteiger charge is -2.17. The van der Waals surface area contributed by atoms with Crippen molar-refractivity contribution >= 4 is 33.4 Å². The number of carboxylic acid groups (broad SMARTS) is 1. The molecule has 0 radical (unpaired) electrons. The largest absolute Gasteiger partial charge is 0.480 e. The van der Waals surface area contributed by atoms with Crippen molar-refractivity contribution in [1.82, 2.24) is 10.3 Å². The fourth-order valence-corrected chi connectivity index (χ4v) is 3.42. The highest BCUT2D eigenvalue weighted by molar-refractivity contribution is 7.20. The van der Waals surface area contributed by atoms with Crippen LogP contribution in [0.2, 0.25) is 0 Å². The first-order chi connectivity index (χ1) is 9.82. The molecule has 0 aliphatic heterocycles. The van der Waals surface area contributed by atoms with Crippen LogP contribution in [0.4, 0.5) is 0 Å². The molecule has 2 rings (SSSR count). The van der Waals surface area contributed by atoms with E-state index in [4.69, 9.17) is 5.11 Å². The van der Waals surface area contributed by atoms with Crippen LogP contribution in [-0.4, -0.2) is 28.0 Å². The number of carboxylic acids is 1. The van der Waals surface area contributed by atoms with E-state index in [0.717, 1.165) is 21.3 Å². The third-order valence-electron chi connectivity index (χ3n) is 3.46. The number of amides is 1. The second-order valence-corrected chi connectivity index (χ2v) is 6.40. The number of rotatable bonds is 4. The number of thiophene rings is 1. The molecule has 0 saturated carbocycles. The third kappa shape index (κ3) is 2.90. The summed E-state index contributed by atoms with van der Waals surface area (Å²) in [5, 5.41) is 12.7. The Bertz CT molecular complexity index is 706. The van der Waals surface area contributed by atoms with Crippen molar-refractivity contribution in [3.63, 3.8) is 0 Å².